The minimum Gasteiger partial charge on any atom is -0.320 e. The Hall–Kier alpha value is -3.18. The van der Waals surface area contributed by atoms with E-state index in [1.165, 1.54) is 16.7 Å². The van der Waals surface area contributed by atoms with Crippen LogP contribution >= 0.6 is 0 Å². The van der Waals surface area contributed by atoms with E-state index in [2.05, 4.69) is 69.0 Å². The Morgan fingerprint density at radius 1 is 1.07 bits per heavy atom. The van der Waals surface area contributed by atoms with Crippen LogP contribution < -0.4 is 5.32 Å². The molecule has 27 heavy (non-hydrogen) atoms. The second-order valence-corrected chi connectivity index (χ2v) is 6.62. The number of aromatic nitrogens is 4. The maximum Gasteiger partial charge on any atom is 0.0991 e. The molecule has 0 aliphatic rings. The van der Waals surface area contributed by atoms with Crippen molar-refractivity contribution < 1.29 is 0 Å². The van der Waals surface area contributed by atoms with Gasteiger partial charge in [0, 0.05) is 35.8 Å². The summed E-state index contributed by atoms with van der Waals surface area (Å²) in [6, 6.07) is 17.5. The van der Waals surface area contributed by atoms with Crippen molar-refractivity contribution in [3.63, 3.8) is 0 Å². The summed E-state index contributed by atoms with van der Waals surface area (Å²) >= 11 is 0. The van der Waals surface area contributed by atoms with Crippen molar-refractivity contribution in [1.29, 1.82) is 0 Å². The van der Waals surface area contributed by atoms with Crippen molar-refractivity contribution >= 4 is 0 Å². The molecule has 5 nitrogen and oxygen atoms in total. The van der Waals surface area contributed by atoms with E-state index in [1.807, 2.05) is 36.5 Å². The largest absolute Gasteiger partial charge is 0.320 e. The lowest BCUT2D eigenvalue weighted by Crippen LogP contribution is -2.13. The minimum absolute atomic E-state index is 0.333. The number of rotatable bonds is 7. The number of H-pyrrole nitrogens is 1. The summed E-state index contributed by atoms with van der Waals surface area (Å²) in [6.07, 6.45) is 10.4. The molecule has 0 radical (unpaired) electrons. The van der Waals surface area contributed by atoms with E-state index < -0.39 is 0 Å². The van der Waals surface area contributed by atoms with Gasteiger partial charge in [0.2, 0.25) is 0 Å². The fourth-order valence-corrected chi connectivity index (χ4v) is 3.45. The molecule has 136 valence electrons. The molecule has 0 saturated carbocycles. The number of hydrogen-bond acceptors (Lipinski definition) is 3. The number of nitrogens with one attached hydrogen (secondary N) is 2. The molecule has 2 aromatic heterocycles. The van der Waals surface area contributed by atoms with Crippen molar-refractivity contribution in [3.8, 4) is 16.8 Å². The Kier molecular flexibility index (Phi) is 5.12. The first kappa shape index (κ1) is 17.2. The van der Waals surface area contributed by atoms with Crippen LogP contribution in [-0.4, -0.2) is 33.3 Å². The number of benzene rings is 2. The van der Waals surface area contributed by atoms with Gasteiger partial charge in [0.05, 0.1) is 12.5 Å². The summed E-state index contributed by atoms with van der Waals surface area (Å²) < 4.78 is 2.04. The summed E-state index contributed by atoms with van der Waals surface area (Å²) in [5, 5.41) is 10.2. The van der Waals surface area contributed by atoms with E-state index in [4.69, 9.17) is 0 Å². The lowest BCUT2D eigenvalue weighted by atomic mass is 9.87. The Morgan fingerprint density at radius 2 is 1.96 bits per heavy atom. The lowest BCUT2D eigenvalue weighted by Gasteiger charge is -2.19. The van der Waals surface area contributed by atoms with Gasteiger partial charge in [-0.1, -0.05) is 36.4 Å². The molecule has 2 N–H and O–H groups in total. The van der Waals surface area contributed by atoms with Crippen molar-refractivity contribution in [1.82, 2.24) is 25.1 Å². The summed E-state index contributed by atoms with van der Waals surface area (Å²) in [6.45, 7) is 0.962. The highest BCUT2D eigenvalue weighted by molar-refractivity contribution is 5.62. The average molecular weight is 357 g/mol. The fourth-order valence-electron chi connectivity index (χ4n) is 3.45. The van der Waals surface area contributed by atoms with Crippen molar-refractivity contribution in [3.05, 3.63) is 90.8 Å². The summed E-state index contributed by atoms with van der Waals surface area (Å²) in [4.78, 5) is 4.16. The van der Waals surface area contributed by atoms with Crippen LogP contribution in [0.4, 0.5) is 0 Å². The molecule has 2 aromatic carbocycles. The molecule has 0 aliphatic carbocycles. The summed E-state index contributed by atoms with van der Waals surface area (Å²) in [7, 11) is 2.00. The number of imidazole rings is 1. The number of nitrogens with zero attached hydrogens (tertiary/aromatic N) is 3. The Bertz CT molecular complexity index is 956. The molecule has 0 amide bonds. The van der Waals surface area contributed by atoms with Crippen LogP contribution in [0.25, 0.3) is 16.8 Å². The van der Waals surface area contributed by atoms with Gasteiger partial charge in [-0.2, -0.15) is 5.10 Å². The zero-order chi connectivity index (χ0) is 18.5. The first-order valence-electron chi connectivity index (χ1n) is 9.17. The van der Waals surface area contributed by atoms with E-state index in [9.17, 15) is 0 Å². The molecule has 0 fully saturated rings. The van der Waals surface area contributed by atoms with Crippen molar-refractivity contribution in [2.75, 3.05) is 13.6 Å². The maximum atomic E-state index is 4.16. The third kappa shape index (κ3) is 3.83. The molecule has 1 unspecified atom stereocenters. The van der Waals surface area contributed by atoms with Gasteiger partial charge >= 0.3 is 0 Å². The molecule has 0 bridgehead atoms. The van der Waals surface area contributed by atoms with Crippen LogP contribution in [0, 0.1) is 0 Å². The second kappa shape index (κ2) is 8.01. The van der Waals surface area contributed by atoms with Crippen molar-refractivity contribution in [2.45, 2.75) is 12.3 Å². The molecule has 0 aliphatic heterocycles. The van der Waals surface area contributed by atoms with Crippen LogP contribution in [-0.2, 0) is 0 Å². The first-order chi connectivity index (χ1) is 13.3. The van der Waals surface area contributed by atoms with Gasteiger partial charge in [0.25, 0.3) is 0 Å². The molecule has 2 heterocycles. The predicted molar refractivity (Wildman–Crippen MR) is 108 cm³/mol. The second-order valence-electron chi connectivity index (χ2n) is 6.62. The summed E-state index contributed by atoms with van der Waals surface area (Å²) in [5.74, 6) is 0.333. The molecular weight excluding hydrogens is 334 g/mol. The van der Waals surface area contributed by atoms with Crippen LogP contribution in [0.15, 0.2) is 79.6 Å². The van der Waals surface area contributed by atoms with Gasteiger partial charge < -0.3 is 9.88 Å². The zero-order valence-electron chi connectivity index (χ0n) is 15.3. The molecule has 0 saturated heterocycles. The van der Waals surface area contributed by atoms with Crippen LogP contribution in [0.5, 0.6) is 0 Å². The first-order valence-corrected chi connectivity index (χ1v) is 9.17. The average Bonchev–Trinajstić information content (AvgIpc) is 3.43. The van der Waals surface area contributed by atoms with E-state index in [1.54, 1.807) is 6.20 Å². The van der Waals surface area contributed by atoms with E-state index in [0.29, 0.717) is 5.92 Å². The van der Waals surface area contributed by atoms with Gasteiger partial charge in [0.15, 0.2) is 0 Å². The highest BCUT2D eigenvalue weighted by Gasteiger charge is 2.15. The smallest absolute Gasteiger partial charge is 0.0991 e. The molecule has 5 heteroatoms. The normalized spacial score (nSPS) is 12.2. The molecule has 0 spiro atoms. The van der Waals surface area contributed by atoms with E-state index in [-0.39, 0.29) is 0 Å². The monoisotopic (exact) mass is 357 g/mol. The van der Waals surface area contributed by atoms with Gasteiger partial charge in [-0.05, 0) is 48.8 Å². The third-order valence-corrected chi connectivity index (χ3v) is 4.90. The van der Waals surface area contributed by atoms with Gasteiger partial charge in [0.1, 0.15) is 0 Å². The van der Waals surface area contributed by atoms with Gasteiger partial charge in [-0.15, -0.1) is 0 Å². The SMILES string of the molecule is CNCCC(c1ccc(-c2cn[nH]c2)cc1)c1cccc(-n2ccnc2)c1. The Balaban J connectivity index is 1.66. The zero-order valence-corrected chi connectivity index (χ0v) is 15.3. The lowest BCUT2D eigenvalue weighted by molar-refractivity contribution is 0.661. The van der Waals surface area contributed by atoms with Crippen LogP contribution in [0.3, 0.4) is 0 Å². The maximum absolute atomic E-state index is 4.16. The van der Waals surface area contributed by atoms with Crippen molar-refractivity contribution in [2.24, 2.45) is 0 Å². The number of hydrogen-bond donors (Lipinski definition) is 2. The summed E-state index contributed by atoms with van der Waals surface area (Å²) in [5.41, 5.74) is 6.05. The highest BCUT2D eigenvalue weighted by atomic mass is 15.1. The fraction of sp³-hybridized carbons (Fsp3) is 0.182. The van der Waals surface area contributed by atoms with Crippen LogP contribution in [0.1, 0.15) is 23.5 Å². The van der Waals surface area contributed by atoms with Gasteiger partial charge in [-0.3, -0.25) is 5.10 Å². The van der Waals surface area contributed by atoms with Crippen LogP contribution in [0.2, 0.25) is 0 Å². The molecule has 1 atom stereocenters. The molecule has 4 rings (SSSR count). The third-order valence-electron chi connectivity index (χ3n) is 4.90. The topological polar surface area (TPSA) is 58.5 Å². The van der Waals surface area contributed by atoms with Gasteiger partial charge in [-0.25, -0.2) is 4.98 Å². The minimum atomic E-state index is 0.333. The molecular formula is C22H23N5. The Morgan fingerprint density at radius 3 is 2.67 bits per heavy atom. The quantitative estimate of drug-likeness (QED) is 0.525. The van der Waals surface area contributed by atoms with E-state index >= 15 is 0 Å². The molecule has 4 aromatic rings. The number of aromatic amines is 1. The standard InChI is InChI=1S/C22H23N5/c1-23-10-9-22(18-7-5-17(6-8-18)20-14-25-26-15-20)19-3-2-4-21(13-19)27-12-11-24-16-27/h2-8,11-16,22-23H,9-10H2,1H3,(H,25,26). The Labute approximate surface area is 159 Å². The highest BCUT2D eigenvalue weighted by Crippen LogP contribution is 2.30. The predicted octanol–water partition coefficient (Wildman–Crippen LogP) is 4.00. The van der Waals surface area contributed by atoms with E-state index in [0.717, 1.165) is 24.2 Å².